The quantitative estimate of drug-likeness (QED) is 0.581. The van der Waals surface area contributed by atoms with Crippen LogP contribution in [-0.4, -0.2) is 26.7 Å². The molecule has 0 saturated heterocycles. The molecule has 8 heteroatoms. The normalized spacial score (nSPS) is 23.2. The number of hydrogen-bond acceptors (Lipinski definition) is 5. The highest BCUT2D eigenvalue weighted by Crippen LogP contribution is 2.66. The molecule has 20 heavy (non-hydrogen) atoms. The first kappa shape index (κ1) is 15.9. The van der Waals surface area contributed by atoms with Crippen LogP contribution in [0.2, 0.25) is 0 Å². The lowest BCUT2D eigenvalue weighted by atomic mass is 10.1. The van der Waals surface area contributed by atoms with E-state index in [0.29, 0.717) is 23.9 Å². The summed E-state index contributed by atoms with van der Waals surface area (Å²) in [6.45, 7) is 3.98. The number of ether oxygens (including phenoxy) is 1. The second kappa shape index (κ2) is 5.73. The molecule has 110 valence electrons. The van der Waals surface area contributed by atoms with Gasteiger partial charge in [-0.15, -0.1) is 11.3 Å². The van der Waals surface area contributed by atoms with E-state index in [2.05, 4.69) is 42.2 Å². The summed E-state index contributed by atoms with van der Waals surface area (Å²) < 4.78 is 4.52. The van der Waals surface area contributed by atoms with E-state index in [4.69, 9.17) is 4.74 Å². The average molecular weight is 426 g/mol. The molecule has 5 nitrogen and oxygen atoms in total. The highest BCUT2D eigenvalue weighted by atomic mass is 79.9. The van der Waals surface area contributed by atoms with Gasteiger partial charge in [-0.25, -0.2) is 4.98 Å². The third kappa shape index (κ3) is 3.23. The Morgan fingerprint density at radius 1 is 1.55 bits per heavy atom. The van der Waals surface area contributed by atoms with Crippen molar-refractivity contribution < 1.29 is 14.3 Å². The van der Waals surface area contributed by atoms with Gasteiger partial charge in [0, 0.05) is 5.38 Å². The topological polar surface area (TPSA) is 68.3 Å². The minimum atomic E-state index is -0.486. The van der Waals surface area contributed by atoms with Crippen LogP contribution in [-0.2, 0) is 20.7 Å². The third-order valence-corrected chi connectivity index (χ3v) is 6.28. The zero-order chi connectivity index (χ0) is 15.0. The minimum Gasteiger partial charge on any atom is -0.466 e. The Balaban J connectivity index is 1.94. The molecule has 1 aromatic heterocycles. The van der Waals surface area contributed by atoms with Crippen molar-refractivity contribution in [2.75, 3.05) is 11.9 Å². The summed E-state index contributed by atoms with van der Waals surface area (Å²) in [5.41, 5.74) is 0.119. The number of amides is 1. The van der Waals surface area contributed by atoms with E-state index in [0.717, 1.165) is 0 Å². The molecule has 1 fully saturated rings. The maximum absolute atomic E-state index is 12.1. The number of halogens is 2. The number of esters is 1. The lowest BCUT2D eigenvalue weighted by Gasteiger charge is -2.10. The smallest absolute Gasteiger partial charge is 0.311 e. The minimum absolute atomic E-state index is 0.0942. The molecule has 0 radical (unpaired) electrons. The summed E-state index contributed by atoms with van der Waals surface area (Å²) in [6, 6.07) is 0. The number of carbonyl (C=O) groups is 2. The predicted molar refractivity (Wildman–Crippen MR) is 84.4 cm³/mol. The molecular weight excluding hydrogens is 412 g/mol. The SMILES string of the molecule is CCOC(=O)Cc1csc(NC(=O)[C@@]2(C)CC2(Br)Br)n1. The molecule has 0 bridgehead atoms. The summed E-state index contributed by atoms with van der Waals surface area (Å²) in [6.07, 6.45) is 0.838. The van der Waals surface area contributed by atoms with Crippen LogP contribution in [0.1, 0.15) is 26.0 Å². The van der Waals surface area contributed by atoms with Crippen LogP contribution in [0.3, 0.4) is 0 Å². The fourth-order valence-corrected chi connectivity index (χ4v) is 3.87. The first-order valence-electron chi connectivity index (χ1n) is 6.08. The molecule has 1 aromatic rings. The molecule has 1 atom stereocenters. The molecule has 1 saturated carbocycles. The van der Waals surface area contributed by atoms with Crippen LogP contribution in [0.15, 0.2) is 5.38 Å². The van der Waals surface area contributed by atoms with Gasteiger partial charge in [-0.3, -0.25) is 9.59 Å². The standard InChI is InChI=1S/C12H14Br2N2O3S/c1-3-19-8(17)4-7-5-20-10(15-7)16-9(18)11(2)6-12(11,13)14/h5H,3-4,6H2,1-2H3,(H,15,16,18)/t11-/m1/s1. The Morgan fingerprint density at radius 3 is 2.75 bits per heavy atom. The van der Waals surface area contributed by atoms with Gasteiger partial charge < -0.3 is 10.1 Å². The van der Waals surface area contributed by atoms with E-state index in [1.807, 2.05) is 6.92 Å². The van der Waals surface area contributed by atoms with E-state index < -0.39 is 5.41 Å². The first-order valence-corrected chi connectivity index (χ1v) is 8.54. The molecule has 0 aliphatic heterocycles. The van der Waals surface area contributed by atoms with E-state index in [9.17, 15) is 9.59 Å². The van der Waals surface area contributed by atoms with Crippen LogP contribution < -0.4 is 5.32 Å². The van der Waals surface area contributed by atoms with Crippen molar-refractivity contribution in [1.82, 2.24) is 4.98 Å². The molecule has 1 aliphatic carbocycles. The lowest BCUT2D eigenvalue weighted by Crippen LogP contribution is -2.25. The van der Waals surface area contributed by atoms with Gasteiger partial charge in [0.15, 0.2) is 5.13 Å². The fourth-order valence-electron chi connectivity index (χ4n) is 1.69. The zero-order valence-electron chi connectivity index (χ0n) is 11.0. The average Bonchev–Trinajstić information content (AvgIpc) is 2.70. The van der Waals surface area contributed by atoms with E-state index in [1.54, 1.807) is 12.3 Å². The first-order chi connectivity index (χ1) is 9.28. The van der Waals surface area contributed by atoms with Crippen LogP contribution in [0, 0.1) is 5.41 Å². The summed E-state index contributed by atoms with van der Waals surface area (Å²) in [7, 11) is 0. The van der Waals surface area contributed by atoms with Gasteiger partial charge >= 0.3 is 5.97 Å². The highest BCUT2D eigenvalue weighted by molar-refractivity contribution is 9.25. The number of rotatable bonds is 5. The van der Waals surface area contributed by atoms with E-state index in [1.165, 1.54) is 11.3 Å². The number of thiazole rings is 1. The Hall–Kier alpha value is -0.470. The number of carbonyl (C=O) groups excluding carboxylic acids is 2. The van der Waals surface area contributed by atoms with Crippen LogP contribution in [0.5, 0.6) is 0 Å². The Kier molecular flexibility index (Phi) is 4.56. The number of anilines is 1. The second-order valence-corrected chi connectivity index (χ2v) is 9.42. The number of hydrogen-bond donors (Lipinski definition) is 1. The van der Waals surface area contributed by atoms with Crippen molar-refractivity contribution in [3.63, 3.8) is 0 Å². The molecule has 1 amide bonds. The Labute approximate surface area is 137 Å². The molecule has 0 spiro atoms. The van der Waals surface area contributed by atoms with Gasteiger partial charge in [0.25, 0.3) is 0 Å². The molecule has 1 N–H and O–H groups in total. The largest absolute Gasteiger partial charge is 0.466 e. The highest BCUT2D eigenvalue weighted by Gasteiger charge is 2.66. The molecule has 2 rings (SSSR count). The van der Waals surface area contributed by atoms with Crippen molar-refractivity contribution in [2.45, 2.75) is 29.9 Å². The summed E-state index contributed by atoms with van der Waals surface area (Å²) >= 11 is 8.21. The lowest BCUT2D eigenvalue weighted by molar-refractivity contribution is -0.142. The van der Waals surface area contributed by atoms with Gasteiger partial charge in [-0.1, -0.05) is 31.9 Å². The van der Waals surface area contributed by atoms with Crippen molar-refractivity contribution in [2.24, 2.45) is 5.41 Å². The molecule has 0 aromatic carbocycles. The summed E-state index contributed by atoms with van der Waals surface area (Å²) in [5.74, 6) is -0.409. The number of aromatic nitrogens is 1. The number of alkyl halides is 2. The van der Waals surface area contributed by atoms with E-state index >= 15 is 0 Å². The Bertz CT molecular complexity index is 547. The van der Waals surface area contributed by atoms with Crippen molar-refractivity contribution in [3.8, 4) is 0 Å². The maximum Gasteiger partial charge on any atom is 0.311 e. The van der Waals surface area contributed by atoms with Crippen molar-refractivity contribution in [1.29, 1.82) is 0 Å². The van der Waals surface area contributed by atoms with Crippen LogP contribution in [0.4, 0.5) is 5.13 Å². The number of nitrogens with one attached hydrogen (secondary N) is 1. The second-order valence-electron chi connectivity index (χ2n) is 4.79. The van der Waals surface area contributed by atoms with Crippen molar-refractivity contribution >= 4 is 60.2 Å². The van der Waals surface area contributed by atoms with Crippen LogP contribution in [0.25, 0.3) is 0 Å². The monoisotopic (exact) mass is 424 g/mol. The van der Waals surface area contributed by atoms with Crippen LogP contribution >= 0.6 is 43.2 Å². The number of nitrogens with zero attached hydrogens (tertiary/aromatic N) is 1. The van der Waals surface area contributed by atoms with E-state index in [-0.39, 0.29) is 21.5 Å². The molecule has 1 aliphatic rings. The van der Waals surface area contributed by atoms with Gasteiger partial charge in [-0.05, 0) is 20.3 Å². The van der Waals surface area contributed by atoms with Gasteiger partial charge in [0.2, 0.25) is 5.91 Å². The Morgan fingerprint density at radius 2 is 2.20 bits per heavy atom. The fraction of sp³-hybridized carbons (Fsp3) is 0.583. The predicted octanol–water partition coefficient (Wildman–Crippen LogP) is 3.08. The van der Waals surface area contributed by atoms with Gasteiger partial charge in [0.1, 0.15) is 0 Å². The van der Waals surface area contributed by atoms with Crippen molar-refractivity contribution in [3.05, 3.63) is 11.1 Å². The summed E-state index contributed by atoms with van der Waals surface area (Å²) in [5, 5.41) is 5.03. The zero-order valence-corrected chi connectivity index (χ0v) is 15.0. The maximum atomic E-state index is 12.1. The van der Waals surface area contributed by atoms with Gasteiger partial charge in [-0.2, -0.15) is 0 Å². The van der Waals surface area contributed by atoms with Gasteiger partial charge in [0.05, 0.1) is 27.4 Å². The summed E-state index contributed by atoms with van der Waals surface area (Å²) in [4.78, 5) is 27.7. The molecule has 0 unspecified atom stereocenters. The molecule has 1 heterocycles. The third-order valence-electron chi connectivity index (χ3n) is 3.16. The molecular formula is C12H14Br2N2O3S.